The zero-order chi connectivity index (χ0) is 29.8. The van der Waals surface area contributed by atoms with Gasteiger partial charge in [-0.25, -0.2) is 0 Å². The average Bonchev–Trinajstić information content (AvgIpc) is 2.95. The second kappa shape index (κ2) is 14.9. The van der Waals surface area contributed by atoms with Crippen LogP contribution in [-0.4, -0.2) is 144 Å². The molecule has 0 bridgehead atoms. The van der Waals surface area contributed by atoms with Crippen molar-refractivity contribution in [1.29, 1.82) is 0 Å². The highest BCUT2D eigenvalue weighted by Crippen LogP contribution is 2.37. The Morgan fingerprint density at radius 1 is 0.902 bits per heavy atom. The van der Waals surface area contributed by atoms with E-state index in [-0.39, 0.29) is 31.3 Å². The maximum absolute atomic E-state index is 11.9. The number of ether oxygens (including phenoxy) is 3. The summed E-state index contributed by atoms with van der Waals surface area (Å²) in [5, 5.41) is 59.5. The molecule has 17 N–H and O–H groups in total. The summed E-state index contributed by atoms with van der Waals surface area (Å²) >= 11 is 0. The van der Waals surface area contributed by atoms with Crippen LogP contribution in [0.15, 0.2) is 0 Å². The van der Waals surface area contributed by atoms with Crippen molar-refractivity contribution in [3.63, 3.8) is 0 Å². The number of nitrogens with two attached hydrogens (primary N) is 5. The first-order valence-corrected chi connectivity index (χ1v) is 15.0. The molecule has 2 aliphatic heterocycles. The number of hydrogen-bond donors (Lipinski definition) is 12. The molecule has 2 saturated heterocycles. The molecule has 0 amide bonds. The summed E-state index contributed by atoms with van der Waals surface area (Å²) in [7, 11) is 0. The predicted molar refractivity (Wildman–Crippen MR) is 149 cm³/mol. The Hall–Kier alpha value is -0.600. The minimum atomic E-state index is -1.43. The van der Waals surface area contributed by atoms with Gasteiger partial charge in [0.15, 0.2) is 6.29 Å². The predicted octanol–water partition coefficient (Wildman–Crippen LogP) is -5.67. The Kier molecular flexibility index (Phi) is 12.1. The molecule has 2 saturated carbocycles. The maximum Gasteiger partial charge on any atom is 0.186 e. The largest absolute Gasteiger partial charge is 0.394 e. The van der Waals surface area contributed by atoms with Crippen molar-refractivity contribution in [1.82, 2.24) is 10.6 Å². The van der Waals surface area contributed by atoms with Gasteiger partial charge < -0.3 is 79.0 Å². The normalized spacial score (nSPS) is 48.0. The number of nitrogens with one attached hydrogen (secondary N) is 2. The lowest BCUT2D eigenvalue weighted by Gasteiger charge is -2.51. The van der Waals surface area contributed by atoms with Crippen molar-refractivity contribution < 1.29 is 39.7 Å². The lowest BCUT2D eigenvalue weighted by Crippen LogP contribution is -2.69. The number of hydrogen-bond acceptors (Lipinski definition) is 15. The van der Waals surface area contributed by atoms with E-state index in [0.29, 0.717) is 18.9 Å². The molecule has 2 aliphatic carbocycles. The van der Waals surface area contributed by atoms with Crippen molar-refractivity contribution in [3.8, 4) is 0 Å². The van der Waals surface area contributed by atoms with Gasteiger partial charge in [0.1, 0.15) is 24.4 Å². The lowest BCUT2D eigenvalue weighted by atomic mass is 9.71. The SMILES string of the molecule is NCC(O)CN[C@@H]1C[C@H](N)C([C@H]2O[C@H](CN)CC[C@H]2NCC2CC(N)C2)[C@H](O)[C@H]1O[C@H]1O[C@H](CO)[C@@H](O)[C@H](N)[C@H]1O. The minimum absolute atomic E-state index is 0.0352. The fourth-order valence-corrected chi connectivity index (χ4v) is 6.80. The van der Waals surface area contributed by atoms with Gasteiger partial charge in [-0.05, 0) is 44.6 Å². The summed E-state index contributed by atoms with van der Waals surface area (Å²) in [6, 6.07) is -2.04. The molecule has 15 heteroatoms. The Morgan fingerprint density at radius 3 is 2.27 bits per heavy atom. The first-order chi connectivity index (χ1) is 19.6. The van der Waals surface area contributed by atoms with Crippen LogP contribution in [0, 0.1) is 11.8 Å². The molecule has 0 aromatic rings. The van der Waals surface area contributed by atoms with Crippen LogP contribution in [0.4, 0.5) is 0 Å². The molecule has 4 aliphatic rings. The topological polar surface area (TPSA) is 283 Å². The van der Waals surface area contributed by atoms with Gasteiger partial charge >= 0.3 is 0 Å². The van der Waals surface area contributed by atoms with E-state index >= 15 is 0 Å². The van der Waals surface area contributed by atoms with E-state index in [2.05, 4.69) is 10.6 Å². The van der Waals surface area contributed by atoms with E-state index in [1.807, 2.05) is 0 Å². The lowest BCUT2D eigenvalue weighted by molar-refractivity contribution is -0.306. The monoisotopic (exact) mass is 591 g/mol. The van der Waals surface area contributed by atoms with Crippen LogP contribution < -0.4 is 39.3 Å². The standard InChI is InChI=1S/C26H53N7O8/c27-6-13(35)9-33-17-5-15(30)19(22(37)25(17)41-26-23(38)20(31)21(36)18(10-34)40-26)24-16(2-1-14(7-28)39-24)32-8-11-3-12(29)4-11/h11-26,32-38H,1-10,27-31H2/t11?,12?,13?,14-,15-,16+,17+,18+,19?,20-,21+,22-,23+,24-,25-,26+/m0/s1. The first kappa shape index (κ1) is 33.3. The summed E-state index contributed by atoms with van der Waals surface area (Å²) in [6.07, 6.45) is -4.94. The molecule has 2 heterocycles. The highest BCUT2D eigenvalue weighted by Gasteiger charge is 2.53. The Labute approximate surface area is 241 Å². The van der Waals surface area contributed by atoms with Gasteiger partial charge in [0, 0.05) is 49.7 Å². The highest BCUT2D eigenvalue weighted by molar-refractivity contribution is 5.06. The molecule has 41 heavy (non-hydrogen) atoms. The Balaban J connectivity index is 1.55. The summed E-state index contributed by atoms with van der Waals surface area (Å²) < 4.78 is 18.3. The zero-order valence-electron chi connectivity index (χ0n) is 23.7. The van der Waals surface area contributed by atoms with Crippen LogP contribution in [0.25, 0.3) is 0 Å². The molecule has 2 unspecified atom stereocenters. The molecule has 0 radical (unpaired) electrons. The smallest absolute Gasteiger partial charge is 0.186 e. The molecule has 4 rings (SSSR count). The molecule has 4 fully saturated rings. The molecular formula is C26H53N7O8. The van der Waals surface area contributed by atoms with Crippen LogP contribution in [0.1, 0.15) is 32.1 Å². The third-order valence-electron chi connectivity index (χ3n) is 9.39. The van der Waals surface area contributed by atoms with Crippen LogP contribution in [0.5, 0.6) is 0 Å². The molecule has 14 atom stereocenters. The van der Waals surface area contributed by atoms with Gasteiger partial charge in [-0.15, -0.1) is 0 Å². The van der Waals surface area contributed by atoms with Gasteiger partial charge in [-0.2, -0.15) is 0 Å². The number of aliphatic hydroxyl groups excluding tert-OH is 5. The van der Waals surface area contributed by atoms with E-state index < -0.39 is 79.7 Å². The zero-order valence-corrected chi connectivity index (χ0v) is 23.7. The summed E-state index contributed by atoms with van der Waals surface area (Å²) in [5.74, 6) is -0.0768. The second-order valence-corrected chi connectivity index (χ2v) is 12.4. The fourth-order valence-electron chi connectivity index (χ4n) is 6.80. The summed E-state index contributed by atoms with van der Waals surface area (Å²) in [6.45, 7) is 0.746. The Morgan fingerprint density at radius 2 is 1.63 bits per heavy atom. The van der Waals surface area contributed by atoms with Gasteiger partial charge in [0.2, 0.25) is 0 Å². The van der Waals surface area contributed by atoms with Crippen molar-refractivity contribution >= 4 is 0 Å². The third-order valence-corrected chi connectivity index (χ3v) is 9.39. The fraction of sp³-hybridized carbons (Fsp3) is 1.00. The van der Waals surface area contributed by atoms with Crippen molar-refractivity contribution in [2.75, 3.05) is 32.8 Å². The van der Waals surface area contributed by atoms with Crippen molar-refractivity contribution in [2.24, 2.45) is 40.5 Å². The van der Waals surface area contributed by atoms with Crippen LogP contribution in [-0.2, 0) is 14.2 Å². The highest BCUT2D eigenvalue weighted by atomic mass is 16.7. The summed E-state index contributed by atoms with van der Waals surface area (Å²) in [4.78, 5) is 0. The minimum Gasteiger partial charge on any atom is -0.394 e. The molecule has 15 nitrogen and oxygen atoms in total. The Bertz CT molecular complexity index is 799. The molecule has 0 aromatic heterocycles. The number of aliphatic hydroxyl groups is 5. The summed E-state index contributed by atoms with van der Waals surface area (Å²) in [5.41, 5.74) is 30.3. The van der Waals surface area contributed by atoms with E-state index in [1.54, 1.807) is 0 Å². The van der Waals surface area contributed by atoms with Gasteiger partial charge in [0.25, 0.3) is 0 Å². The van der Waals surface area contributed by atoms with E-state index in [9.17, 15) is 25.5 Å². The van der Waals surface area contributed by atoms with E-state index in [0.717, 1.165) is 32.2 Å². The van der Waals surface area contributed by atoms with E-state index in [1.165, 1.54) is 0 Å². The van der Waals surface area contributed by atoms with Crippen molar-refractivity contribution in [2.45, 2.75) is 117 Å². The quantitative estimate of drug-likeness (QED) is 0.101. The molecular weight excluding hydrogens is 538 g/mol. The first-order valence-electron chi connectivity index (χ1n) is 15.0. The van der Waals surface area contributed by atoms with E-state index in [4.69, 9.17) is 42.9 Å². The van der Waals surface area contributed by atoms with Crippen LogP contribution >= 0.6 is 0 Å². The molecule has 0 aromatic carbocycles. The van der Waals surface area contributed by atoms with Gasteiger partial charge in [-0.3, -0.25) is 0 Å². The molecule has 240 valence electrons. The molecule has 0 spiro atoms. The van der Waals surface area contributed by atoms with Gasteiger partial charge in [0.05, 0.1) is 37.1 Å². The average molecular weight is 592 g/mol. The van der Waals surface area contributed by atoms with Crippen LogP contribution in [0.2, 0.25) is 0 Å². The van der Waals surface area contributed by atoms with Crippen LogP contribution in [0.3, 0.4) is 0 Å². The second-order valence-electron chi connectivity index (χ2n) is 12.4. The third kappa shape index (κ3) is 7.74. The van der Waals surface area contributed by atoms with Gasteiger partial charge in [-0.1, -0.05) is 0 Å². The number of rotatable bonds is 12. The maximum atomic E-state index is 11.9. The van der Waals surface area contributed by atoms with Crippen molar-refractivity contribution in [3.05, 3.63) is 0 Å².